The van der Waals surface area contributed by atoms with Crippen LogP contribution in [-0.2, 0) is 4.79 Å². The second-order valence-corrected chi connectivity index (χ2v) is 9.80. The molecule has 0 aliphatic carbocycles. The molecule has 0 unspecified atom stereocenters. The fourth-order valence-corrected chi connectivity index (χ4v) is 4.73. The molecule has 1 saturated heterocycles. The summed E-state index contributed by atoms with van der Waals surface area (Å²) in [5.74, 6) is 1.26. The molecular formula is C29H34ClN5O3. The Balaban J connectivity index is 1.40. The maximum Gasteiger partial charge on any atom is 0.254 e. The first kappa shape index (κ1) is 27.4. The minimum absolute atomic E-state index is 0.0471. The van der Waals surface area contributed by atoms with Gasteiger partial charge in [-0.15, -0.1) is 10.2 Å². The van der Waals surface area contributed by atoms with Gasteiger partial charge in [-0.3, -0.25) is 9.59 Å². The van der Waals surface area contributed by atoms with Crippen LogP contribution in [0.5, 0.6) is 5.75 Å². The fourth-order valence-electron chi connectivity index (χ4n) is 4.50. The Morgan fingerprint density at radius 3 is 2.42 bits per heavy atom. The van der Waals surface area contributed by atoms with Gasteiger partial charge < -0.3 is 19.4 Å². The first-order chi connectivity index (χ1) is 18.4. The number of halogens is 1. The molecule has 3 aromatic rings. The Kier molecular flexibility index (Phi) is 9.18. The number of carbonyl (C=O) groups is 2. The second kappa shape index (κ2) is 12.7. The molecular weight excluding hydrogens is 502 g/mol. The molecule has 1 aliphatic rings. The summed E-state index contributed by atoms with van der Waals surface area (Å²) in [5, 5.41) is 9.46. The van der Waals surface area contributed by atoms with E-state index in [0.717, 1.165) is 36.5 Å². The summed E-state index contributed by atoms with van der Waals surface area (Å²) in [5.41, 5.74) is 2.10. The van der Waals surface area contributed by atoms with Crippen molar-refractivity contribution in [3.8, 4) is 17.0 Å². The molecule has 0 saturated carbocycles. The maximum atomic E-state index is 13.3. The lowest BCUT2D eigenvalue weighted by atomic mass is 10.1. The maximum absolute atomic E-state index is 13.3. The minimum Gasteiger partial charge on any atom is -0.497 e. The van der Waals surface area contributed by atoms with Crippen LogP contribution in [0.1, 0.15) is 37.0 Å². The van der Waals surface area contributed by atoms with Gasteiger partial charge in [-0.05, 0) is 62.2 Å². The van der Waals surface area contributed by atoms with E-state index in [-0.39, 0.29) is 24.4 Å². The summed E-state index contributed by atoms with van der Waals surface area (Å²) in [6.07, 6.45) is 1.56. The van der Waals surface area contributed by atoms with Crippen LogP contribution in [0.4, 0.5) is 5.82 Å². The molecule has 8 nitrogen and oxygen atoms in total. The van der Waals surface area contributed by atoms with E-state index in [1.54, 1.807) is 36.3 Å². The van der Waals surface area contributed by atoms with E-state index in [0.29, 0.717) is 36.0 Å². The second-order valence-electron chi connectivity index (χ2n) is 9.40. The average molecular weight is 536 g/mol. The third-order valence-corrected chi connectivity index (χ3v) is 7.33. The van der Waals surface area contributed by atoms with Gasteiger partial charge in [0.05, 0.1) is 17.8 Å². The van der Waals surface area contributed by atoms with E-state index in [2.05, 4.69) is 15.1 Å². The Hall–Kier alpha value is -3.65. The Morgan fingerprint density at radius 2 is 1.76 bits per heavy atom. The van der Waals surface area contributed by atoms with Gasteiger partial charge in [0.1, 0.15) is 12.3 Å². The zero-order valence-corrected chi connectivity index (χ0v) is 22.9. The van der Waals surface area contributed by atoms with E-state index in [1.165, 1.54) is 0 Å². The van der Waals surface area contributed by atoms with Crippen molar-refractivity contribution in [2.24, 2.45) is 0 Å². The monoisotopic (exact) mass is 535 g/mol. The van der Waals surface area contributed by atoms with Gasteiger partial charge in [-0.25, -0.2) is 0 Å². The molecule has 1 aromatic heterocycles. The van der Waals surface area contributed by atoms with Crippen molar-refractivity contribution >= 4 is 29.2 Å². The smallest absolute Gasteiger partial charge is 0.254 e. The van der Waals surface area contributed by atoms with Crippen molar-refractivity contribution in [2.75, 3.05) is 44.7 Å². The van der Waals surface area contributed by atoms with Crippen LogP contribution >= 0.6 is 11.6 Å². The Morgan fingerprint density at radius 1 is 1.00 bits per heavy atom. The molecule has 0 bridgehead atoms. The summed E-state index contributed by atoms with van der Waals surface area (Å²) in [7, 11) is 1.59. The van der Waals surface area contributed by atoms with Crippen LogP contribution in [-0.4, -0.2) is 77.7 Å². The van der Waals surface area contributed by atoms with E-state index < -0.39 is 0 Å². The summed E-state index contributed by atoms with van der Waals surface area (Å²) in [4.78, 5) is 32.3. The molecule has 0 radical (unpaired) electrons. The van der Waals surface area contributed by atoms with Gasteiger partial charge >= 0.3 is 0 Å². The third kappa shape index (κ3) is 6.42. The van der Waals surface area contributed by atoms with Crippen LogP contribution in [0.25, 0.3) is 11.3 Å². The Labute approximate surface area is 229 Å². The molecule has 9 heteroatoms. The number of amides is 2. The van der Waals surface area contributed by atoms with Gasteiger partial charge in [0.2, 0.25) is 5.91 Å². The number of carbonyl (C=O) groups excluding carboxylic acids is 2. The zero-order valence-electron chi connectivity index (χ0n) is 22.1. The van der Waals surface area contributed by atoms with E-state index >= 15 is 0 Å². The number of rotatable bonds is 8. The molecule has 2 amide bonds. The Bertz CT molecular complexity index is 1240. The lowest BCUT2D eigenvalue weighted by Crippen LogP contribution is -2.47. The largest absolute Gasteiger partial charge is 0.497 e. The fraction of sp³-hybridized carbons (Fsp3) is 0.379. The molecule has 4 rings (SSSR count). The van der Waals surface area contributed by atoms with Crippen LogP contribution in [0, 0.1) is 0 Å². The highest BCUT2D eigenvalue weighted by Crippen LogP contribution is 2.26. The van der Waals surface area contributed by atoms with Crippen molar-refractivity contribution in [1.82, 2.24) is 20.0 Å². The standard InChI is InChI=1S/C29H34ClN5O3/c1-4-21(2)35(29(37)22-10-12-23(38-3)13-11-22)20-28(36)34-17-7-16-33(18-19-34)27-15-14-26(31-32-27)24-8-5-6-9-25(24)30/h5-6,8-15,21H,4,7,16-20H2,1-3H3/t21-/m1/s1. The molecule has 38 heavy (non-hydrogen) atoms. The SMILES string of the molecule is CC[C@@H](C)N(CC(=O)N1CCCN(c2ccc(-c3ccccc3Cl)nn2)CC1)C(=O)c1ccc(OC)cc1. The normalized spacial score (nSPS) is 14.5. The highest BCUT2D eigenvalue weighted by Gasteiger charge is 2.27. The summed E-state index contributed by atoms with van der Waals surface area (Å²) in [6.45, 7) is 6.64. The predicted octanol–water partition coefficient (Wildman–Crippen LogP) is 4.79. The van der Waals surface area contributed by atoms with Gasteiger partial charge in [0.15, 0.2) is 5.82 Å². The van der Waals surface area contributed by atoms with Crippen molar-refractivity contribution in [1.29, 1.82) is 0 Å². The minimum atomic E-state index is -0.152. The van der Waals surface area contributed by atoms with Crippen molar-refractivity contribution in [2.45, 2.75) is 32.7 Å². The molecule has 2 aromatic carbocycles. The van der Waals surface area contributed by atoms with Gasteiger partial charge in [-0.2, -0.15) is 0 Å². The van der Waals surface area contributed by atoms with Crippen LogP contribution < -0.4 is 9.64 Å². The number of methoxy groups -OCH3 is 1. The summed E-state index contributed by atoms with van der Waals surface area (Å²) >= 11 is 6.30. The number of anilines is 1. The van der Waals surface area contributed by atoms with E-state index in [9.17, 15) is 9.59 Å². The first-order valence-corrected chi connectivity index (χ1v) is 13.4. The zero-order chi connectivity index (χ0) is 27.1. The lowest BCUT2D eigenvalue weighted by Gasteiger charge is -2.31. The number of nitrogens with zero attached hydrogens (tertiary/aromatic N) is 5. The number of benzene rings is 2. The third-order valence-electron chi connectivity index (χ3n) is 7.00. The molecule has 1 atom stereocenters. The van der Waals surface area contributed by atoms with Crippen molar-refractivity contribution in [3.63, 3.8) is 0 Å². The highest BCUT2D eigenvalue weighted by molar-refractivity contribution is 6.33. The highest BCUT2D eigenvalue weighted by atomic mass is 35.5. The van der Waals surface area contributed by atoms with Gasteiger partial charge in [-0.1, -0.05) is 36.7 Å². The molecule has 200 valence electrons. The first-order valence-electron chi connectivity index (χ1n) is 13.0. The average Bonchev–Trinajstić information content (AvgIpc) is 3.22. The van der Waals surface area contributed by atoms with Crippen LogP contribution in [0.2, 0.25) is 5.02 Å². The summed E-state index contributed by atoms with van der Waals surface area (Å²) in [6, 6.07) is 18.4. The quantitative estimate of drug-likeness (QED) is 0.413. The molecule has 2 heterocycles. The number of hydrogen-bond acceptors (Lipinski definition) is 6. The van der Waals surface area contributed by atoms with Crippen molar-refractivity contribution in [3.05, 3.63) is 71.2 Å². The predicted molar refractivity (Wildman–Crippen MR) is 150 cm³/mol. The number of aromatic nitrogens is 2. The van der Waals surface area contributed by atoms with E-state index in [4.69, 9.17) is 16.3 Å². The van der Waals surface area contributed by atoms with Gasteiger partial charge in [0.25, 0.3) is 5.91 Å². The number of hydrogen-bond donors (Lipinski definition) is 0. The van der Waals surface area contributed by atoms with Crippen LogP contribution in [0.15, 0.2) is 60.7 Å². The summed E-state index contributed by atoms with van der Waals surface area (Å²) < 4.78 is 5.20. The van der Waals surface area contributed by atoms with Crippen molar-refractivity contribution < 1.29 is 14.3 Å². The van der Waals surface area contributed by atoms with E-state index in [1.807, 2.05) is 55.1 Å². The topological polar surface area (TPSA) is 78.9 Å². The molecule has 1 aliphatic heterocycles. The molecule has 0 N–H and O–H groups in total. The molecule has 1 fully saturated rings. The molecule has 0 spiro atoms. The van der Waals surface area contributed by atoms with Gasteiger partial charge in [0, 0.05) is 43.3 Å². The lowest BCUT2D eigenvalue weighted by molar-refractivity contribution is -0.132. The number of ether oxygens (including phenoxy) is 1. The van der Waals surface area contributed by atoms with Crippen LogP contribution in [0.3, 0.4) is 0 Å².